The molecule has 0 aromatic carbocycles. The lowest BCUT2D eigenvalue weighted by Crippen LogP contribution is -2.51. The average Bonchev–Trinajstić information content (AvgIpc) is 2.92. The van der Waals surface area contributed by atoms with Crippen molar-refractivity contribution in [2.75, 3.05) is 14.2 Å². The molecule has 28 heavy (non-hydrogen) atoms. The number of rotatable bonds is 4. The number of hydrogen-bond donors (Lipinski definition) is 1. The summed E-state index contributed by atoms with van der Waals surface area (Å²) in [6, 6.07) is 0. The molecule has 156 valence electrons. The number of hydrogen-bond acceptors (Lipinski definition) is 5. The SMILES string of the molecule is COC(=O)[C@@]1(O)C=C(OC)C(=O)[C@H]1C[C@@]1(C)CC[C@]2(C)C(C)=CCC[C@H]2[C@H]1C. The first kappa shape index (κ1) is 21.1. The molecule has 6 atom stereocenters. The largest absolute Gasteiger partial charge is 0.493 e. The Morgan fingerprint density at radius 3 is 2.57 bits per heavy atom. The molecule has 0 amide bonds. The van der Waals surface area contributed by atoms with Crippen molar-refractivity contribution in [3.8, 4) is 0 Å². The highest BCUT2D eigenvalue weighted by Crippen LogP contribution is 2.61. The number of esters is 1. The van der Waals surface area contributed by atoms with Crippen molar-refractivity contribution in [1.82, 2.24) is 0 Å². The van der Waals surface area contributed by atoms with Gasteiger partial charge in [0.25, 0.3) is 0 Å². The molecular formula is C23H34O5. The van der Waals surface area contributed by atoms with Crippen molar-refractivity contribution in [3.63, 3.8) is 0 Å². The highest BCUT2D eigenvalue weighted by Gasteiger charge is 2.58. The number of allylic oxidation sites excluding steroid dienone is 3. The molecule has 1 saturated carbocycles. The minimum Gasteiger partial charge on any atom is -0.493 e. The monoisotopic (exact) mass is 390 g/mol. The van der Waals surface area contributed by atoms with Gasteiger partial charge in [-0.2, -0.15) is 0 Å². The third-order valence-corrected chi connectivity index (χ3v) is 8.41. The molecule has 1 N–H and O–H groups in total. The Labute approximate surface area is 168 Å². The molecular weight excluding hydrogens is 356 g/mol. The minimum atomic E-state index is -1.96. The molecule has 0 heterocycles. The maximum Gasteiger partial charge on any atom is 0.342 e. The van der Waals surface area contributed by atoms with E-state index in [0.717, 1.165) is 25.7 Å². The molecule has 0 aliphatic heterocycles. The second kappa shape index (κ2) is 7.01. The van der Waals surface area contributed by atoms with Crippen molar-refractivity contribution in [2.45, 2.75) is 65.4 Å². The Morgan fingerprint density at radius 1 is 1.29 bits per heavy atom. The third-order valence-electron chi connectivity index (χ3n) is 8.41. The predicted octanol–water partition coefficient (Wildman–Crippen LogP) is 3.81. The number of ether oxygens (including phenoxy) is 2. The number of Topliss-reactive ketones (excluding diaryl/α,β-unsaturated/α-hetero) is 1. The highest BCUT2D eigenvalue weighted by atomic mass is 16.5. The normalized spacial score (nSPS) is 43.1. The van der Waals surface area contributed by atoms with Crippen molar-refractivity contribution < 1.29 is 24.2 Å². The van der Waals surface area contributed by atoms with Crippen molar-refractivity contribution in [1.29, 1.82) is 0 Å². The average molecular weight is 391 g/mol. The van der Waals surface area contributed by atoms with Crippen LogP contribution in [0.1, 0.15) is 59.8 Å². The van der Waals surface area contributed by atoms with Crippen LogP contribution in [-0.2, 0) is 19.1 Å². The Hall–Kier alpha value is -1.62. The fourth-order valence-corrected chi connectivity index (χ4v) is 6.04. The van der Waals surface area contributed by atoms with E-state index in [9.17, 15) is 14.7 Å². The number of fused-ring (bicyclic) bond motifs is 1. The molecule has 0 spiro atoms. The van der Waals surface area contributed by atoms with E-state index in [4.69, 9.17) is 9.47 Å². The Bertz CT molecular complexity index is 737. The van der Waals surface area contributed by atoms with Gasteiger partial charge in [-0.3, -0.25) is 4.79 Å². The van der Waals surface area contributed by atoms with Gasteiger partial charge >= 0.3 is 5.97 Å². The van der Waals surface area contributed by atoms with Crippen LogP contribution in [0.2, 0.25) is 0 Å². The Balaban J connectivity index is 1.91. The van der Waals surface area contributed by atoms with E-state index >= 15 is 0 Å². The summed E-state index contributed by atoms with van der Waals surface area (Å²) in [6.45, 7) is 9.10. The number of aliphatic hydroxyl groups is 1. The van der Waals surface area contributed by atoms with Gasteiger partial charge < -0.3 is 14.6 Å². The van der Waals surface area contributed by atoms with Crippen LogP contribution in [0.4, 0.5) is 0 Å². The van der Waals surface area contributed by atoms with Crippen LogP contribution in [0, 0.1) is 28.6 Å². The van der Waals surface area contributed by atoms with Crippen LogP contribution >= 0.6 is 0 Å². The van der Waals surface area contributed by atoms with Gasteiger partial charge in [0.05, 0.1) is 20.1 Å². The summed E-state index contributed by atoms with van der Waals surface area (Å²) in [6.07, 6.45) is 8.30. The Kier molecular flexibility index (Phi) is 5.28. The van der Waals surface area contributed by atoms with E-state index in [-0.39, 0.29) is 22.4 Å². The maximum absolute atomic E-state index is 12.9. The smallest absolute Gasteiger partial charge is 0.342 e. The van der Waals surface area contributed by atoms with E-state index in [1.165, 1.54) is 25.9 Å². The summed E-state index contributed by atoms with van der Waals surface area (Å²) in [4.78, 5) is 25.3. The summed E-state index contributed by atoms with van der Waals surface area (Å²) in [7, 11) is 2.62. The molecule has 0 unspecified atom stereocenters. The topological polar surface area (TPSA) is 72.8 Å². The van der Waals surface area contributed by atoms with Crippen LogP contribution in [0.5, 0.6) is 0 Å². The second-order valence-electron chi connectivity index (χ2n) is 9.58. The molecule has 3 rings (SSSR count). The summed E-state index contributed by atoms with van der Waals surface area (Å²) < 4.78 is 9.97. The van der Waals surface area contributed by atoms with Gasteiger partial charge in [0.15, 0.2) is 11.4 Å². The Morgan fingerprint density at radius 2 is 1.96 bits per heavy atom. The fourth-order valence-electron chi connectivity index (χ4n) is 6.04. The number of carbonyl (C=O) groups excluding carboxylic acids is 2. The summed E-state index contributed by atoms with van der Waals surface area (Å²) in [5, 5.41) is 11.1. The summed E-state index contributed by atoms with van der Waals surface area (Å²) in [5.74, 6) is -1.02. The summed E-state index contributed by atoms with van der Waals surface area (Å²) in [5.41, 5.74) is -0.431. The fraction of sp³-hybridized carbons (Fsp3) is 0.739. The molecule has 0 aromatic rings. The predicted molar refractivity (Wildman–Crippen MR) is 106 cm³/mol. The lowest BCUT2D eigenvalue weighted by molar-refractivity contribution is -0.165. The molecule has 5 heteroatoms. The third kappa shape index (κ3) is 2.94. The zero-order valence-electron chi connectivity index (χ0n) is 18.0. The molecule has 3 aliphatic carbocycles. The maximum atomic E-state index is 12.9. The molecule has 0 bridgehead atoms. The van der Waals surface area contributed by atoms with Crippen LogP contribution in [0.15, 0.2) is 23.5 Å². The van der Waals surface area contributed by atoms with E-state index in [2.05, 4.69) is 33.8 Å². The van der Waals surface area contributed by atoms with Crippen LogP contribution in [0.25, 0.3) is 0 Å². The first-order chi connectivity index (χ1) is 13.0. The minimum absolute atomic E-state index is 0.0474. The van der Waals surface area contributed by atoms with E-state index in [0.29, 0.717) is 18.3 Å². The molecule has 1 fully saturated rings. The zero-order chi connectivity index (χ0) is 20.9. The van der Waals surface area contributed by atoms with Gasteiger partial charge in [0.2, 0.25) is 5.78 Å². The standard InChI is InChI=1S/C23H34O5/c1-14-8-7-9-16-15(2)21(3,10-11-22(14,16)4)12-17-19(24)18(27-5)13-23(17,26)20(25)28-6/h8,13,15-17,26H,7,9-12H2,1-6H3/t15-,16+,17-,21-,22-,23-/m1/s1. The molecule has 5 nitrogen and oxygen atoms in total. The van der Waals surface area contributed by atoms with Gasteiger partial charge in [-0.1, -0.05) is 32.4 Å². The van der Waals surface area contributed by atoms with E-state index in [1.54, 1.807) is 0 Å². The van der Waals surface area contributed by atoms with Gasteiger partial charge in [-0.25, -0.2) is 4.79 Å². The van der Waals surface area contributed by atoms with Crippen molar-refractivity contribution in [3.05, 3.63) is 23.5 Å². The molecule has 0 aromatic heterocycles. The number of ketones is 1. The van der Waals surface area contributed by atoms with E-state index < -0.39 is 17.5 Å². The zero-order valence-corrected chi connectivity index (χ0v) is 18.0. The van der Waals surface area contributed by atoms with Crippen LogP contribution in [0.3, 0.4) is 0 Å². The first-order valence-corrected chi connectivity index (χ1v) is 10.3. The van der Waals surface area contributed by atoms with E-state index in [1.807, 2.05) is 0 Å². The van der Waals surface area contributed by atoms with Gasteiger partial charge in [-0.05, 0) is 61.7 Å². The lowest BCUT2D eigenvalue weighted by Gasteiger charge is -2.56. The van der Waals surface area contributed by atoms with Gasteiger partial charge in [-0.15, -0.1) is 0 Å². The molecule has 0 saturated heterocycles. The van der Waals surface area contributed by atoms with Crippen LogP contribution in [-0.4, -0.2) is 36.7 Å². The van der Waals surface area contributed by atoms with Gasteiger partial charge in [0, 0.05) is 6.08 Å². The second-order valence-corrected chi connectivity index (χ2v) is 9.58. The number of carbonyl (C=O) groups is 2. The van der Waals surface area contributed by atoms with Crippen molar-refractivity contribution in [2.24, 2.45) is 28.6 Å². The van der Waals surface area contributed by atoms with Crippen LogP contribution < -0.4 is 0 Å². The quantitative estimate of drug-likeness (QED) is 0.584. The van der Waals surface area contributed by atoms with Crippen molar-refractivity contribution >= 4 is 11.8 Å². The molecule has 0 radical (unpaired) electrons. The first-order valence-electron chi connectivity index (χ1n) is 10.3. The number of methoxy groups -OCH3 is 2. The molecule has 3 aliphatic rings. The summed E-state index contributed by atoms with van der Waals surface area (Å²) >= 11 is 0. The lowest BCUT2D eigenvalue weighted by atomic mass is 9.48. The van der Waals surface area contributed by atoms with Gasteiger partial charge in [0.1, 0.15) is 0 Å². The highest BCUT2D eigenvalue weighted by molar-refractivity contribution is 6.05.